The molecule has 1 heterocycles. The van der Waals surface area contributed by atoms with E-state index in [1.807, 2.05) is 12.2 Å². The summed E-state index contributed by atoms with van der Waals surface area (Å²) in [7, 11) is 0. The highest BCUT2D eigenvalue weighted by atomic mass is 16.6. The number of carbonyl (C=O) groups is 1. The third-order valence-corrected chi connectivity index (χ3v) is 2.58. The van der Waals surface area contributed by atoms with Gasteiger partial charge in [0.25, 0.3) is 0 Å². The molecular weight excluding hydrogens is 178 g/mol. The average molecular weight is 193 g/mol. The van der Waals surface area contributed by atoms with Crippen LogP contribution in [0.4, 0.5) is 4.79 Å². The molecule has 0 saturated heterocycles. The van der Waals surface area contributed by atoms with Crippen molar-refractivity contribution < 1.29 is 9.53 Å². The first-order valence-electron chi connectivity index (χ1n) is 5.18. The van der Waals surface area contributed by atoms with E-state index in [4.69, 9.17) is 4.74 Å². The highest BCUT2D eigenvalue weighted by Gasteiger charge is 2.21. The Morgan fingerprint density at radius 2 is 1.86 bits per heavy atom. The van der Waals surface area contributed by atoms with Crippen molar-refractivity contribution in [3.63, 3.8) is 0 Å². The molecule has 0 aromatic carbocycles. The molecule has 1 saturated carbocycles. The van der Waals surface area contributed by atoms with E-state index in [0.717, 1.165) is 19.3 Å². The molecule has 3 nitrogen and oxygen atoms in total. The van der Waals surface area contributed by atoms with Crippen LogP contribution in [-0.2, 0) is 4.74 Å². The Labute approximate surface area is 84.0 Å². The second kappa shape index (κ2) is 4.31. The molecule has 2 rings (SSSR count). The summed E-state index contributed by atoms with van der Waals surface area (Å²) < 4.78 is 5.34. The predicted molar refractivity (Wildman–Crippen MR) is 53.5 cm³/mol. The predicted octanol–water partition coefficient (Wildman–Crippen LogP) is 2.80. The van der Waals surface area contributed by atoms with Crippen LogP contribution in [-0.4, -0.2) is 17.1 Å². The molecule has 0 bridgehead atoms. The van der Waals surface area contributed by atoms with Gasteiger partial charge in [-0.1, -0.05) is 12.2 Å². The fraction of sp³-hybridized carbons (Fsp3) is 0.545. The molecule has 0 aromatic rings. The van der Waals surface area contributed by atoms with Crippen LogP contribution >= 0.6 is 0 Å². The van der Waals surface area contributed by atoms with Crippen molar-refractivity contribution in [2.24, 2.45) is 0 Å². The lowest BCUT2D eigenvalue weighted by Gasteiger charge is -2.18. The van der Waals surface area contributed by atoms with Crippen LogP contribution in [0.1, 0.15) is 32.1 Å². The first-order valence-corrected chi connectivity index (χ1v) is 5.18. The fourth-order valence-corrected chi connectivity index (χ4v) is 1.81. The molecule has 0 spiro atoms. The minimum absolute atomic E-state index is 0.145. The van der Waals surface area contributed by atoms with Gasteiger partial charge in [-0.2, -0.15) is 0 Å². The fourth-order valence-electron chi connectivity index (χ4n) is 1.81. The molecule has 14 heavy (non-hydrogen) atoms. The number of nitrogens with zero attached hydrogens (tertiary/aromatic N) is 1. The van der Waals surface area contributed by atoms with E-state index in [-0.39, 0.29) is 12.2 Å². The molecule has 1 fully saturated rings. The normalized spacial score (nSPS) is 21.6. The highest BCUT2D eigenvalue weighted by molar-refractivity contribution is 5.70. The number of hydrogen-bond acceptors (Lipinski definition) is 2. The molecule has 0 aromatic heterocycles. The van der Waals surface area contributed by atoms with Crippen LogP contribution in [0.2, 0.25) is 0 Å². The van der Waals surface area contributed by atoms with Crippen LogP contribution in [0.15, 0.2) is 24.6 Å². The van der Waals surface area contributed by atoms with Crippen LogP contribution < -0.4 is 0 Å². The Morgan fingerprint density at radius 3 is 2.50 bits per heavy atom. The minimum Gasteiger partial charge on any atom is -0.446 e. The number of hydrogen-bond donors (Lipinski definition) is 0. The molecule has 0 radical (unpaired) electrons. The van der Waals surface area contributed by atoms with E-state index in [9.17, 15) is 4.79 Å². The average Bonchev–Trinajstić information content (AvgIpc) is 2.72. The van der Waals surface area contributed by atoms with Crippen molar-refractivity contribution in [2.75, 3.05) is 0 Å². The van der Waals surface area contributed by atoms with Gasteiger partial charge in [0.2, 0.25) is 0 Å². The standard InChI is InChI=1S/C11H15NO2/c13-11(12-8-4-1-5-9-12)14-10-6-2-3-7-10/h4-5,8-10H,1-3,6-7H2. The number of carbonyl (C=O) groups excluding carboxylic acids is 1. The molecule has 1 amide bonds. The molecule has 1 aliphatic heterocycles. The van der Waals surface area contributed by atoms with E-state index in [1.165, 1.54) is 17.7 Å². The van der Waals surface area contributed by atoms with Gasteiger partial charge in [0, 0.05) is 12.4 Å². The zero-order chi connectivity index (χ0) is 9.80. The van der Waals surface area contributed by atoms with Gasteiger partial charge >= 0.3 is 6.09 Å². The van der Waals surface area contributed by atoms with Gasteiger partial charge in [0.15, 0.2) is 0 Å². The molecule has 76 valence electrons. The Morgan fingerprint density at radius 1 is 1.21 bits per heavy atom. The maximum Gasteiger partial charge on any atom is 0.418 e. The van der Waals surface area contributed by atoms with Gasteiger partial charge in [0.1, 0.15) is 6.10 Å². The van der Waals surface area contributed by atoms with E-state index in [2.05, 4.69) is 0 Å². The van der Waals surface area contributed by atoms with Crippen molar-refractivity contribution in [1.82, 2.24) is 4.90 Å². The molecular formula is C11H15NO2. The molecule has 0 unspecified atom stereocenters. The van der Waals surface area contributed by atoms with Gasteiger partial charge in [-0.3, -0.25) is 4.90 Å². The number of ether oxygens (including phenoxy) is 1. The summed E-state index contributed by atoms with van der Waals surface area (Å²) >= 11 is 0. The van der Waals surface area contributed by atoms with Gasteiger partial charge in [-0.05, 0) is 32.1 Å². The zero-order valence-corrected chi connectivity index (χ0v) is 8.19. The Hall–Kier alpha value is -1.25. The van der Waals surface area contributed by atoms with E-state index < -0.39 is 0 Å². The lowest BCUT2D eigenvalue weighted by Crippen LogP contribution is -2.26. The Kier molecular flexibility index (Phi) is 2.87. The van der Waals surface area contributed by atoms with Crippen LogP contribution in [0.25, 0.3) is 0 Å². The van der Waals surface area contributed by atoms with E-state index in [0.29, 0.717) is 0 Å². The summed E-state index contributed by atoms with van der Waals surface area (Å²) in [6, 6.07) is 0. The third kappa shape index (κ3) is 2.16. The molecule has 1 aliphatic carbocycles. The van der Waals surface area contributed by atoms with Gasteiger partial charge in [-0.15, -0.1) is 0 Å². The van der Waals surface area contributed by atoms with Crippen molar-refractivity contribution in [2.45, 2.75) is 38.2 Å². The molecule has 0 atom stereocenters. The summed E-state index contributed by atoms with van der Waals surface area (Å²) in [5.74, 6) is 0. The highest BCUT2D eigenvalue weighted by Crippen LogP contribution is 2.22. The Bertz CT molecular complexity index is 252. The SMILES string of the molecule is O=C(OC1CCCC1)N1C=CCC=C1. The van der Waals surface area contributed by atoms with Crippen molar-refractivity contribution in [3.05, 3.63) is 24.6 Å². The molecule has 2 aliphatic rings. The maximum absolute atomic E-state index is 11.6. The smallest absolute Gasteiger partial charge is 0.418 e. The summed E-state index contributed by atoms with van der Waals surface area (Å²) in [4.78, 5) is 13.1. The number of amides is 1. The van der Waals surface area contributed by atoms with Crippen molar-refractivity contribution in [3.8, 4) is 0 Å². The second-order valence-corrected chi connectivity index (χ2v) is 3.70. The van der Waals surface area contributed by atoms with E-state index >= 15 is 0 Å². The third-order valence-electron chi connectivity index (χ3n) is 2.58. The van der Waals surface area contributed by atoms with Gasteiger partial charge in [0.05, 0.1) is 0 Å². The Balaban J connectivity index is 1.84. The number of allylic oxidation sites excluding steroid dienone is 2. The molecule has 3 heteroatoms. The summed E-state index contributed by atoms with van der Waals surface area (Å²) in [5.41, 5.74) is 0. The summed E-state index contributed by atoms with van der Waals surface area (Å²) in [6.45, 7) is 0. The maximum atomic E-state index is 11.6. The monoisotopic (exact) mass is 193 g/mol. The minimum atomic E-state index is -0.246. The topological polar surface area (TPSA) is 29.5 Å². The quantitative estimate of drug-likeness (QED) is 0.640. The largest absolute Gasteiger partial charge is 0.446 e. The first kappa shape index (κ1) is 9.31. The summed E-state index contributed by atoms with van der Waals surface area (Å²) in [6.07, 6.45) is 12.6. The first-order chi connectivity index (χ1) is 6.86. The van der Waals surface area contributed by atoms with Crippen molar-refractivity contribution in [1.29, 1.82) is 0 Å². The second-order valence-electron chi connectivity index (χ2n) is 3.70. The lowest BCUT2D eigenvalue weighted by molar-refractivity contribution is 0.0850. The lowest BCUT2D eigenvalue weighted by atomic mass is 10.3. The van der Waals surface area contributed by atoms with Crippen molar-refractivity contribution >= 4 is 6.09 Å². The summed E-state index contributed by atoms with van der Waals surface area (Å²) in [5, 5.41) is 0. The van der Waals surface area contributed by atoms with E-state index in [1.54, 1.807) is 12.4 Å². The molecule has 0 N–H and O–H groups in total. The van der Waals surface area contributed by atoms with Crippen LogP contribution in [0, 0.1) is 0 Å². The van der Waals surface area contributed by atoms with Gasteiger partial charge in [-0.25, -0.2) is 4.79 Å². The van der Waals surface area contributed by atoms with Crippen LogP contribution in [0.3, 0.4) is 0 Å². The van der Waals surface area contributed by atoms with Gasteiger partial charge < -0.3 is 4.74 Å². The zero-order valence-electron chi connectivity index (χ0n) is 8.19. The number of rotatable bonds is 1. The van der Waals surface area contributed by atoms with Crippen LogP contribution in [0.5, 0.6) is 0 Å².